The summed E-state index contributed by atoms with van der Waals surface area (Å²) in [6.07, 6.45) is 83.5. The number of hydrogen-bond donors (Lipinski definition) is 3. The molecule has 2 unspecified atom stereocenters. The highest BCUT2D eigenvalue weighted by Crippen LogP contribution is 2.18. The van der Waals surface area contributed by atoms with Crippen LogP contribution in [-0.2, 0) is 14.3 Å². The summed E-state index contributed by atoms with van der Waals surface area (Å²) >= 11 is 0. The lowest BCUT2D eigenvalue weighted by Crippen LogP contribution is -2.45. The number of rotatable bonds is 64. The van der Waals surface area contributed by atoms with E-state index in [9.17, 15) is 19.8 Å². The van der Waals surface area contributed by atoms with Crippen LogP contribution in [0.4, 0.5) is 0 Å². The van der Waals surface area contributed by atoms with Crippen LogP contribution in [0.2, 0.25) is 0 Å². The van der Waals surface area contributed by atoms with E-state index in [1.165, 1.54) is 302 Å². The molecule has 1 amide bonds. The molecular weight excluding hydrogens is 935 g/mol. The van der Waals surface area contributed by atoms with Crippen LogP contribution in [0.25, 0.3) is 0 Å². The number of carbonyl (C=O) groups excluding carboxylic acids is 2. The Kier molecular flexibility index (Phi) is 63.9. The van der Waals surface area contributed by atoms with Crippen LogP contribution in [0, 0.1) is 0 Å². The number of aliphatic hydroxyl groups is 2. The lowest BCUT2D eigenvalue weighted by molar-refractivity contribution is -0.143. The van der Waals surface area contributed by atoms with E-state index < -0.39 is 12.1 Å². The molecule has 76 heavy (non-hydrogen) atoms. The molecule has 0 heterocycles. The van der Waals surface area contributed by atoms with Gasteiger partial charge in [0.05, 0.1) is 25.4 Å². The standard InChI is InChI=1S/C70H133NO5/c1-3-5-7-9-11-13-15-17-19-31-36-40-44-48-52-56-60-64-70(75)76-65-61-57-53-49-45-41-37-33-30-28-26-24-22-21-23-25-27-29-32-35-39-43-47-51-55-59-63-69(74)71-67(66-72)68(73)62-58-54-50-46-42-38-34-20-18-16-14-12-10-8-6-4-2/h17,19,21,23,58,62,67-68,72-73H,3-16,18,20,22,24-57,59-61,63-66H2,1-2H3,(H,71,74)/b19-17-,23-21-,62-58+. The van der Waals surface area contributed by atoms with Gasteiger partial charge >= 0.3 is 5.97 Å². The summed E-state index contributed by atoms with van der Waals surface area (Å²) in [6.45, 7) is 4.92. The Morgan fingerprint density at radius 2 is 0.618 bits per heavy atom. The van der Waals surface area contributed by atoms with Crippen LogP contribution >= 0.6 is 0 Å². The summed E-state index contributed by atoms with van der Waals surface area (Å²) in [6, 6.07) is -0.630. The molecular formula is C70H133NO5. The minimum atomic E-state index is -0.846. The van der Waals surface area contributed by atoms with Crippen LogP contribution < -0.4 is 5.32 Å². The van der Waals surface area contributed by atoms with E-state index in [-0.39, 0.29) is 18.5 Å². The molecule has 0 fully saturated rings. The van der Waals surface area contributed by atoms with E-state index in [1.54, 1.807) is 6.08 Å². The van der Waals surface area contributed by atoms with E-state index in [4.69, 9.17) is 4.74 Å². The zero-order chi connectivity index (χ0) is 55.0. The number of nitrogens with one attached hydrogen (secondary N) is 1. The number of hydrogen-bond acceptors (Lipinski definition) is 5. The van der Waals surface area contributed by atoms with Crippen molar-refractivity contribution in [1.82, 2.24) is 5.32 Å². The van der Waals surface area contributed by atoms with E-state index >= 15 is 0 Å². The van der Waals surface area contributed by atoms with E-state index in [1.807, 2.05) is 6.08 Å². The van der Waals surface area contributed by atoms with Crippen molar-refractivity contribution in [2.24, 2.45) is 0 Å². The van der Waals surface area contributed by atoms with Crippen molar-refractivity contribution < 1.29 is 24.5 Å². The highest BCUT2D eigenvalue weighted by Gasteiger charge is 2.18. The van der Waals surface area contributed by atoms with E-state index in [0.717, 1.165) is 44.9 Å². The van der Waals surface area contributed by atoms with Crippen molar-refractivity contribution in [1.29, 1.82) is 0 Å². The first-order chi connectivity index (χ1) is 37.5. The second-order valence-electron chi connectivity index (χ2n) is 23.5. The average Bonchev–Trinajstić information content (AvgIpc) is 3.42. The normalized spacial score (nSPS) is 12.7. The average molecular weight is 1070 g/mol. The maximum absolute atomic E-state index is 12.5. The van der Waals surface area contributed by atoms with Gasteiger partial charge in [-0.2, -0.15) is 0 Å². The van der Waals surface area contributed by atoms with Crippen molar-refractivity contribution in [3.8, 4) is 0 Å². The van der Waals surface area contributed by atoms with Gasteiger partial charge in [-0.05, 0) is 83.5 Å². The van der Waals surface area contributed by atoms with Gasteiger partial charge in [0.25, 0.3) is 0 Å². The van der Waals surface area contributed by atoms with Gasteiger partial charge in [0, 0.05) is 12.8 Å². The molecule has 0 saturated carbocycles. The van der Waals surface area contributed by atoms with Crippen molar-refractivity contribution >= 4 is 11.9 Å². The quantitative estimate of drug-likeness (QED) is 0.0320. The summed E-state index contributed by atoms with van der Waals surface area (Å²) in [4.78, 5) is 24.6. The van der Waals surface area contributed by atoms with Gasteiger partial charge in [-0.25, -0.2) is 0 Å². The number of amides is 1. The predicted octanol–water partition coefficient (Wildman–Crippen LogP) is 21.9. The first-order valence-corrected chi connectivity index (χ1v) is 34.3. The number of aliphatic hydroxyl groups excluding tert-OH is 2. The third kappa shape index (κ3) is 61.3. The Labute approximate surface area is 474 Å². The third-order valence-electron chi connectivity index (χ3n) is 15.9. The van der Waals surface area contributed by atoms with Crippen molar-refractivity contribution in [2.75, 3.05) is 13.2 Å². The summed E-state index contributed by atoms with van der Waals surface area (Å²) in [5.41, 5.74) is 0. The fraction of sp³-hybridized carbons (Fsp3) is 0.886. The smallest absolute Gasteiger partial charge is 0.305 e. The van der Waals surface area contributed by atoms with Gasteiger partial charge in [0.2, 0.25) is 5.91 Å². The predicted molar refractivity (Wildman–Crippen MR) is 333 cm³/mol. The SMILES string of the molecule is CCCCCCCC/C=C\CCCCCCCCCC(=O)OCCCCCCCCCCCCCC/C=C\CCCCCCCCCCCCC(=O)NC(CO)C(O)/C=C/CCCCCCCCCCCCCCCC. The molecule has 0 rings (SSSR count). The summed E-state index contributed by atoms with van der Waals surface area (Å²) in [7, 11) is 0. The zero-order valence-corrected chi connectivity index (χ0v) is 51.3. The van der Waals surface area contributed by atoms with Crippen LogP contribution in [0.1, 0.15) is 373 Å². The number of carbonyl (C=O) groups is 2. The molecule has 0 spiro atoms. The maximum Gasteiger partial charge on any atom is 0.305 e. The highest BCUT2D eigenvalue weighted by atomic mass is 16.5. The molecule has 0 radical (unpaired) electrons. The number of esters is 1. The molecule has 6 nitrogen and oxygen atoms in total. The molecule has 0 bridgehead atoms. The van der Waals surface area contributed by atoms with Gasteiger partial charge in [-0.3, -0.25) is 9.59 Å². The summed E-state index contributed by atoms with van der Waals surface area (Å²) < 4.78 is 5.50. The largest absolute Gasteiger partial charge is 0.466 e. The maximum atomic E-state index is 12.5. The van der Waals surface area contributed by atoms with E-state index in [2.05, 4.69) is 43.5 Å². The number of allylic oxidation sites excluding steroid dienone is 5. The molecule has 0 saturated heterocycles. The molecule has 0 aliphatic heterocycles. The van der Waals surface area contributed by atoms with Crippen LogP contribution in [-0.4, -0.2) is 47.4 Å². The molecule has 3 N–H and O–H groups in total. The van der Waals surface area contributed by atoms with Crippen molar-refractivity contribution in [3.05, 3.63) is 36.5 Å². The third-order valence-corrected chi connectivity index (χ3v) is 15.9. The minimum absolute atomic E-state index is 0.0109. The second-order valence-corrected chi connectivity index (χ2v) is 23.5. The fourth-order valence-corrected chi connectivity index (χ4v) is 10.6. The molecule has 0 aliphatic rings. The van der Waals surface area contributed by atoms with Crippen molar-refractivity contribution in [3.63, 3.8) is 0 Å². The monoisotopic (exact) mass is 1070 g/mol. The van der Waals surface area contributed by atoms with Gasteiger partial charge < -0.3 is 20.3 Å². The Balaban J connectivity index is 3.40. The lowest BCUT2D eigenvalue weighted by Gasteiger charge is -2.20. The molecule has 0 aromatic heterocycles. The Morgan fingerprint density at radius 1 is 0.355 bits per heavy atom. The molecule has 0 aliphatic carbocycles. The molecule has 0 aromatic carbocycles. The van der Waals surface area contributed by atoms with Gasteiger partial charge in [-0.1, -0.05) is 314 Å². The zero-order valence-electron chi connectivity index (χ0n) is 51.3. The first kappa shape index (κ1) is 74.1. The van der Waals surface area contributed by atoms with Crippen molar-refractivity contribution in [2.45, 2.75) is 386 Å². The van der Waals surface area contributed by atoms with Crippen LogP contribution in [0.3, 0.4) is 0 Å². The molecule has 448 valence electrons. The second kappa shape index (κ2) is 65.6. The Hall–Kier alpha value is -1.92. The van der Waals surface area contributed by atoms with E-state index in [0.29, 0.717) is 19.4 Å². The Morgan fingerprint density at radius 3 is 0.934 bits per heavy atom. The molecule has 6 heteroatoms. The summed E-state index contributed by atoms with van der Waals surface area (Å²) in [5.74, 6) is -0.0569. The number of unbranched alkanes of at least 4 members (excludes halogenated alkanes) is 49. The van der Waals surface area contributed by atoms with Crippen LogP contribution in [0.5, 0.6) is 0 Å². The Bertz CT molecular complexity index is 1230. The number of ether oxygens (including phenoxy) is 1. The molecule has 0 aromatic rings. The van der Waals surface area contributed by atoms with Gasteiger partial charge in [0.15, 0.2) is 0 Å². The van der Waals surface area contributed by atoms with Gasteiger partial charge in [0.1, 0.15) is 0 Å². The fourth-order valence-electron chi connectivity index (χ4n) is 10.6. The summed E-state index contributed by atoms with van der Waals surface area (Å²) in [5, 5.41) is 23.2. The topological polar surface area (TPSA) is 95.9 Å². The highest BCUT2D eigenvalue weighted by molar-refractivity contribution is 5.76. The first-order valence-electron chi connectivity index (χ1n) is 34.3. The molecule has 2 atom stereocenters. The minimum Gasteiger partial charge on any atom is -0.466 e. The lowest BCUT2D eigenvalue weighted by atomic mass is 10.0. The van der Waals surface area contributed by atoms with Crippen LogP contribution in [0.15, 0.2) is 36.5 Å². The van der Waals surface area contributed by atoms with Gasteiger partial charge in [-0.15, -0.1) is 0 Å².